The summed E-state index contributed by atoms with van der Waals surface area (Å²) in [6.07, 6.45) is 7.37. The van der Waals surface area contributed by atoms with Crippen molar-refractivity contribution >= 4 is 6.41 Å². The molecule has 4 heteroatoms. The van der Waals surface area contributed by atoms with Crippen LogP contribution in [0, 0.1) is 12.3 Å². The first kappa shape index (κ1) is 10.1. The Morgan fingerprint density at radius 2 is 2.57 bits per heavy atom. The highest BCUT2D eigenvalue weighted by Gasteiger charge is 2.04. The molecule has 1 N–H and O–H groups in total. The van der Waals surface area contributed by atoms with E-state index in [1.807, 2.05) is 0 Å². The number of methoxy groups -OCH3 is 1. The predicted molar refractivity (Wildman–Crippen MR) is 51.6 cm³/mol. The zero-order valence-corrected chi connectivity index (χ0v) is 7.78. The van der Waals surface area contributed by atoms with Gasteiger partial charge in [-0.2, -0.15) is 0 Å². The molecule has 0 saturated heterocycles. The number of rotatable bonds is 4. The second kappa shape index (κ2) is 4.87. The van der Waals surface area contributed by atoms with E-state index < -0.39 is 0 Å². The van der Waals surface area contributed by atoms with Crippen molar-refractivity contribution in [2.24, 2.45) is 0 Å². The Balaban J connectivity index is 2.94. The van der Waals surface area contributed by atoms with Gasteiger partial charge in [-0.3, -0.25) is 9.78 Å². The van der Waals surface area contributed by atoms with Crippen LogP contribution in [0.15, 0.2) is 12.3 Å². The van der Waals surface area contributed by atoms with Crippen molar-refractivity contribution in [3.63, 3.8) is 0 Å². The predicted octanol–water partition coefficient (Wildman–Crippen LogP) is 0.317. The monoisotopic (exact) mass is 190 g/mol. The van der Waals surface area contributed by atoms with E-state index in [0.29, 0.717) is 30.0 Å². The summed E-state index contributed by atoms with van der Waals surface area (Å²) in [4.78, 5) is 14.2. The van der Waals surface area contributed by atoms with Crippen molar-refractivity contribution in [3.8, 4) is 18.1 Å². The lowest BCUT2D eigenvalue weighted by Crippen LogP contribution is -2.12. The van der Waals surface area contributed by atoms with Gasteiger partial charge in [0, 0.05) is 11.8 Å². The average Bonchev–Trinajstić information content (AvgIpc) is 2.26. The largest absolute Gasteiger partial charge is 0.495 e. The van der Waals surface area contributed by atoms with Crippen LogP contribution in [0.4, 0.5) is 0 Å². The Bertz CT molecular complexity index is 369. The number of hydrogen-bond donors (Lipinski definition) is 1. The highest BCUT2D eigenvalue weighted by molar-refractivity contribution is 5.47. The maximum atomic E-state index is 10.1. The van der Waals surface area contributed by atoms with Crippen LogP contribution in [0.3, 0.4) is 0 Å². The standard InChI is InChI=1S/C10H10N2O2/c1-3-8-4-10(14-2)9(12-5-8)6-11-7-13/h1,4-5,7H,6H2,2H3,(H,11,13). The fourth-order valence-corrected chi connectivity index (χ4v) is 1.000. The van der Waals surface area contributed by atoms with Gasteiger partial charge in [0.15, 0.2) is 0 Å². The van der Waals surface area contributed by atoms with Gasteiger partial charge in [0.25, 0.3) is 0 Å². The minimum Gasteiger partial charge on any atom is -0.495 e. The van der Waals surface area contributed by atoms with Crippen molar-refractivity contribution in [1.82, 2.24) is 10.3 Å². The summed E-state index contributed by atoms with van der Waals surface area (Å²) in [7, 11) is 1.53. The second-order valence-electron chi connectivity index (χ2n) is 2.52. The molecule has 0 atom stereocenters. The molecule has 0 aromatic carbocycles. The van der Waals surface area contributed by atoms with Crippen LogP contribution in [0.1, 0.15) is 11.3 Å². The Labute approximate surface area is 82.3 Å². The SMILES string of the molecule is C#Cc1cnc(CNC=O)c(OC)c1. The van der Waals surface area contributed by atoms with E-state index in [-0.39, 0.29) is 0 Å². The molecule has 1 heterocycles. The van der Waals surface area contributed by atoms with Gasteiger partial charge in [-0.25, -0.2) is 0 Å². The van der Waals surface area contributed by atoms with Gasteiger partial charge < -0.3 is 10.1 Å². The molecule has 4 nitrogen and oxygen atoms in total. The molecule has 0 aliphatic carbocycles. The van der Waals surface area contributed by atoms with Crippen LogP contribution < -0.4 is 10.1 Å². The van der Waals surface area contributed by atoms with Crippen LogP contribution in [-0.4, -0.2) is 18.5 Å². The number of aromatic nitrogens is 1. The first-order valence-electron chi connectivity index (χ1n) is 3.98. The van der Waals surface area contributed by atoms with Gasteiger partial charge in [0.1, 0.15) is 11.4 Å². The van der Waals surface area contributed by atoms with Gasteiger partial charge in [-0.05, 0) is 6.07 Å². The highest BCUT2D eigenvalue weighted by Crippen LogP contribution is 2.16. The van der Waals surface area contributed by atoms with E-state index in [4.69, 9.17) is 11.2 Å². The maximum absolute atomic E-state index is 10.1. The summed E-state index contributed by atoms with van der Waals surface area (Å²) >= 11 is 0. The van der Waals surface area contributed by atoms with E-state index in [2.05, 4.69) is 16.2 Å². The normalized spacial score (nSPS) is 8.86. The summed E-state index contributed by atoms with van der Waals surface area (Å²) in [6, 6.07) is 1.70. The van der Waals surface area contributed by atoms with E-state index in [9.17, 15) is 4.79 Å². The Morgan fingerprint density at radius 1 is 1.79 bits per heavy atom. The summed E-state index contributed by atoms with van der Waals surface area (Å²) < 4.78 is 5.07. The Morgan fingerprint density at radius 3 is 3.14 bits per heavy atom. The number of amides is 1. The summed E-state index contributed by atoms with van der Waals surface area (Å²) in [6.45, 7) is 0.331. The van der Waals surface area contributed by atoms with E-state index in [1.165, 1.54) is 7.11 Å². The zero-order valence-electron chi connectivity index (χ0n) is 7.78. The van der Waals surface area contributed by atoms with Crippen molar-refractivity contribution in [3.05, 3.63) is 23.5 Å². The van der Waals surface area contributed by atoms with Crippen LogP contribution in [0.2, 0.25) is 0 Å². The molecule has 0 aliphatic rings. The Kier molecular flexibility index (Phi) is 3.50. The molecule has 0 fully saturated rings. The molecule has 1 aromatic rings. The van der Waals surface area contributed by atoms with Gasteiger partial charge in [0.2, 0.25) is 6.41 Å². The smallest absolute Gasteiger partial charge is 0.207 e. The summed E-state index contributed by atoms with van der Waals surface area (Å²) in [5.41, 5.74) is 1.30. The number of ether oxygens (including phenoxy) is 1. The zero-order chi connectivity index (χ0) is 10.4. The van der Waals surface area contributed by atoms with Crippen molar-refractivity contribution in [2.75, 3.05) is 7.11 Å². The molecular formula is C10H10N2O2. The molecule has 1 amide bonds. The lowest BCUT2D eigenvalue weighted by molar-refractivity contribution is -0.109. The summed E-state index contributed by atoms with van der Waals surface area (Å²) in [5.74, 6) is 3.03. The maximum Gasteiger partial charge on any atom is 0.207 e. The summed E-state index contributed by atoms with van der Waals surface area (Å²) in [5, 5.41) is 2.50. The molecule has 72 valence electrons. The van der Waals surface area contributed by atoms with Crippen LogP contribution in [0.25, 0.3) is 0 Å². The minimum absolute atomic E-state index is 0.331. The van der Waals surface area contributed by atoms with Crippen molar-refractivity contribution in [1.29, 1.82) is 0 Å². The fourth-order valence-electron chi connectivity index (χ4n) is 1.000. The number of nitrogens with one attached hydrogen (secondary N) is 1. The van der Waals surface area contributed by atoms with Crippen molar-refractivity contribution < 1.29 is 9.53 Å². The Hall–Kier alpha value is -2.02. The van der Waals surface area contributed by atoms with Crippen molar-refractivity contribution in [2.45, 2.75) is 6.54 Å². The molecule has 0 radical (unpaired) electrons. The molecule has 0 spiro atoms. The minimum atomic E-state index is 0.331. The van der Waals surface area contributed by atoms with Crippen LogP contribution in [-0.2, 0) is 11.3 Å². The fraction of sp³-hybridized carbons (Fsp3) is 0.200. The molecule has 1 rings (SSSR count). The quantitative estimate of drug-likeness (QED) is 0.549. The molecule has 14 heavy (non-hydrogen) atoms. The number of nitrogens with zero attached hydrogens (tertiary/aromatic N) is 1. The van der Waals surface area contributed by atoms with E-state index in [0.717, 1.165) is 0 Å². The second-order valence-corrected chi connectivity index (χ2v) is 2.52. The molecule has 0 aliphatic heterocycles. The first-order valence-corrected chi connectivity index (χ1v) is 3.98. The van der Waals surface area contributed by atoms with Crippen LogP contribution in [0.5, 0.6) is 5.75 Å². The third-order valence-corrected chi connectivity index (χ3v) is 1.67. The lowest BCUT2D eigenvalue weighted by atomic mass is 10.2. The molecule has 0 bridgehead atoms. The number of hydrogen-bond acceptors (Lipinski definition) is 3. The first-order chi connectivity index (χ1) is 6.81. The molecule has 0 unspecified atom stereocenters. The van der Waals surface area contributed by atoms with E-state index >= 15 is 0 Å². The highest BCUT2D eigenvalue weighted by atomic mass is 16.5. The van der Waals surface area contributed by atoms with E-state index in [1.54, 1.807) is 12.3 Å². The number of carbonyl (C=O) groups excluding carboxylic acids is 1. The third kappa shape index (κ3) is 2.23. The van der Waals surface area contributed by atoms with Gasteiger partial charge in [-0.1, -0.05) is 5.92 Å². The molecule has 0 saturated carbocycles. The molecule has 1 aromatic heterocycles. The average molecular weight is 190 g/mol. The van der Waals surface area contributed by atoms with Gasteiger partial charge in [-0.15, -0.1) is 6.42 Å². The third-order valence-electron chi connectivity index (χ3n) is 1.67. The van der Waals surface area contributed by atoms with Gasteiger partial charge in [0.05, 0.1) is 13.7 Å². The molecular weight excluding hydrogens is 180 g/mol. The number of terminal acetylenes is 1. The number of carbonyl (C=O) groups is 1. The van der Waals surface area contributed by atoms with Gasteiger partial charge >= 0.3 is 0 Å². The van der Waals surface area contributed by atoms with Crippen LogP contribution >= 0.6 is 0 Å². The number of pyridine rings is 1. The topological polar surface area (TPSA) is 51.2 Å². The lowest BCUT2D eigenvalue weighted by Gasteiger charge is -2.06.